The van der Waals surface area contributed by atoms with Gasteiger partial charge in [-0.05, 0) is 36.6 Å². The number of urea groups is 1. The van der Waals surface area contributed by atoms with E-state index in [9.17, 15) is 18.0 Å². The van der Waals surface area contributed by atoms with E-state index in [0.717, 1.165) is 5.56 Å². The molecule has 0 aromatic heterocycles. The number of ether oxygens (including phenoxy) is 1. The van der Waals surface area contributed by atoms with Crippen molar-refractivity contribution in [3.8, 4) is 0 Å². The second kappa shape index (κ2) is 8.62. The molecule has 1 aliphatic heterocycles. The normalized spacial score (nSPS) is 18.9. The summed E-state index contributed by atoms with van der Waals surface area (Å²) >= 11 is 0. The predicted octanol–water partition coefficient (Wildman–Crippen LogP) is 2.09. The maximum Gasteiger partial charge on any atom is 0.322 e. The lowest BCUT2D eigenvalue weighted by molar-refractivity contribution is -0.123. The zero-order chi connectivity index (χ0) is 20.9. The third-order valence-corrected chi connectivity index (χ3v) is 5.94. The maximum absolute atomic E-state index is 12.3. The molecule has 29 heavy (non-hydrogen) atoms. The number of sulfonamides is 1. The highest BCUT2D eigenvalue weighted by molar-refractivity contribution is 7.92. The molecule has 3 amide bonds. The van der Waals surface area contributed by atoms with E-state index in [0.29, 0.717) is 30.9 Å². The lowest BCUT2D eigenvalue weighted by Gasteiger charge is -2.21. The molecule has 1 aliphatic rings. The second-order valence-electron chi connectivity index (χ2n) is 6.93. The summed E-state index contributed by atoms with van der Waals surface area (Å²) in [6.45, 7) is 2.31. The van der Waals surface area contributed by atoms with Crippen molar-refractivity contribution in [1.82, 2.24) is 10.6 Å². The van der Waals surface area contributed by atoms with Crippen LogP contribution in [-0.2, 0) is 31.7 Å². The molecule has 2 aromatic rings. The van der Waals surface area contributed by atoms with Gasteiger partial charge in [0.15, 0.2) is 0 Å². The third-order valence-electron chi connectivity index (χ3n) is 4.57. The topological polar surface area (TPSA) is 114 Å². The van der Waals surface area contributed by atoms with Crippen LogP contribution in [0.1, 0.15) is 24.5 Å². The second-order valence-corrected chi connectivity index (χ2v) is 8.77. The number of anilines is 1. The van der Waals surface area contributed by atoms with E-state index >= 15 is 0 Å². The first kappa shape index (κ1) is 20.8. The number of nitrogens with one attached hydrogen (secondary N) is 3. The molecule has 0 saturated carbocycles. The molecule has 3 rings (SSSR count). The molecule has 1 atom stereocenters. The van der Waals surface area contributed by atoms with Gasteiger partial charge in [0.1, 0.15) is 5.54 Å². The Morgan fingerprint density at radius 3 is 2.52 bits per heavy atom. The van der Waals surface area contributed by atoms with Gasteiger partial charge in [-0.25, -0.2) is 13.2 Å². The van der Waals surface area contributed by atoms with Gasteiger partial charge in [0.25, 0.3) is 5.91 Å². The average molecular weight is 417 g/mol. The summed E-state index contributed by atoms with van der Waals surface area (Å²) < 4.78 is 32.7. The van der Waals surface area contributed by atoms with Crippen LogP contribution >= 0.6 is 0 Å². The zero-order valence-corrected chi connectivity index (χ0v) is 16.8. The Morgan fingerprint density at radius 1 is 1.07 bits per heavy atom. The van der Waals surface area contributed by atoms with Crippen LogP contribution in [0.15, 0.2) is 54.6 Å². The van der Waals surface area contributed by atoms with Crippen molar-refractivity contribution in [3.05, 3.63) is 65.7 Å². The van der Waals surface area contributed by atoms with E-state index in [2.05, 4.69) is 15.4 Å². The highest BCUT2D eigenvalue weighted by Gasteiger charge is 2.43. The van der Waals surface area contributed by atoms with Crippen LogP contribution in [0.2, 0.25) is 0 Å². The van der Waals surface area contributed by atoms with Gasteiger partial charge in [-0.1, -0.05) is 42.5 Å². The Morgan fingerprint density at radius 2 is 1.83 bits per heavy atom. The molecule has 9 heteroatoms. The number of hydrogen-bond donors (Lipinski definition) is 3. The first-order valence-corrected chi connectivity index (χ1v) is 10.8. The molecule has 0 aliphatic carbocycles. The fourth-order valence-corrected chi connectivity index (χ4v) is 4.07. The van der Waals surface area contributed by atoms with Crippen LogP contribution in [0.3, 0.4) is 0 Å². The summed E-state index contributed by atoms with van der Waals surface area (Å²) in [7, 11) is -3.58. The summed E-state index contributed by atoms with van der Waals surface area (Å²) in [5.41, 5.74) is 0.584. The maximum atomic E-state index is 12.3. The fraction of sp³-hybridized carbons (Fsp3) is 0.300. The van der Waals surface area contributed by atoms with Crippen LogP contribution in [0.5, 0.6) is 0 Å². The van der Waals surface area contributed by atoms with Crippen molar-refractivity contribution >= 4 is 27.6 Å². The standard InChI is InChI=1S/C20H23N3O5S/c1-20(18(24)21-19(25)22-20)16-9-5-10-17(13-16)23-29(26,27)12-6-11-28-14-15-7-3-2-4-8-15/h2-5,7-10,13,23H,6,11-12,14H2,1H3,(H2,21,22,24,25)/t20-/m1/s1. The van der Waals surface area contributed by atoms with Gasteiger partial charge in [0.05, 0.1) is 12.4 Å². The molecule has 2 aromatic carbocycles. The average Bonchev–Trinajstić information content (AvgIpc) is 2.95. The number of hydrogen-bond acceptors (Lipinski definition) is 5. The van der Waals surface area contributed by atoms with E-state index < -0.39 is 27.5 Å². The van der Waals surface area contributed by atoms with Gasteiger partial charge in [0.2, 0.25) is 10.0 Å². The van der Waals surface area contributed by atoms with Crippen molar-refractivity contribution in [2.24, 2.45) is 0 Å². The Bertz CT molecular complexity index is 994. The minimum absolute atomic E-state index is 0.0967. The van der Waals surface area contributed by atoms with Gasteiger partial charge < -0.3 is 10.1 Å². The van der Waals surface area contributed by atoms with Gasteiger partial charge >= 0.3 is 6.03 Å². The van der Waals surface area contributed by atoms with Crippen LogP contribution in [0.25, 0.3) is 0 Å². The summed E-state index contributed by atoms with van der Waals surface area (Å²) in [6.07, 6.45) is 0.345. The summed E-state index contributed by atoms with van der Waals surface area (Å²) in [6, 6.07) is 15.5. The largest absolute Gasteiger partial charge is 0.377 e. The molecule has 1 fully saturated rings. The van der Waals surface area contributed by atoms with E-state index in [1.807, 2.05) is 30.3 Å². The minimum Gasteiger partial charge on any atom is -0.377 e. The molecule has 0 unspecified atom stereocenters. The zero-order valence-electron chi connectivity index (χ0n) is 16.0. The van der Waals surface area contributed by atoms with E-state index in [1.54, 1.807) is 25.1 Å². The molecular weight excluding hydrogens is 394 g/mol. The lowest BCUT2D eigenvalue weighted by Crippen LogP contribution is -2.40. The number of benzene rings is 2. The van der Waals surface area contributed by atoms with Crippen molar-refractivity contribution in [1.29, 1.82) is 0 Å². The van der Waals surface area contributed by atoms with Crippen LogP contribution in [0.4, 0.5) is 10.5 Å². The quantitative estimate of drug-likeness (QED) is 0.427. The number of carbonyl (C=O) groups excluding carboxylic acids is 2. The Balaban J connectivity index is 1.54. The molecule has 0 spiro atoms. The van der Waals surface area contributed by atoms with Crippen molar-refractivity contribution in [2.75, 3.05) is 17.1 Å². The fourth-order valence-electron chi connectivity index (χ4n) is 2.99. The molecule has 3 N–H and O–H groups in total. The third kappa shape index (κ3) is 5.33. The van der Waals surface area contributed by atoms with Crippen LogP contribution in [0, 0.1) is 0 Å². The molecule has 154 valence electrons. The minimum atomic E-state index is -3.58. The Labute approximate surface area is 169 Å². The predicted molar refractivity (Wildman–Crippen MR) is 109 cm³/mol. The van der Waals surface area contributed by atoms with Gasteiger partial charge in [-0.2, -0.15) is 0 Å². The van der Waals surface area contributed by atoms with Gasteiger partial charge in [-0.3, -0.25) is 14.8 Å². The SMILES string of the molecule is C[C@]1(c2cccc(NS(=O)(=O)CCCOCc3ccccc3)c2)NC(=O)NC1=O. The van der Waals surface area contributed by atoms with Crippen LogP contribution < -0.4 is 15.4 Å². The van der Waals surface area contributed by atoms with Crippen LogP contribution in [-0.4, -0.2) is 32.7 Å². The summed E-state index contributed by atoms with van der Waals surface area (Å²) in [4.78, 5) is 23.5. The molecule has 1 heterocycles. The monoisotopic (exact) mass is 417 g/mol. The first-order chi connectivity index (χ1) is 13.8. The van der Waals surface area contributed by atoms with Gasteiger partial charge in [-0.15, -0.1) is 0 Å². The molecule has 1 saturated heterocycles. The molecular formula is C20H23N3O5S. The van der Waals surface area contributed by atoms with E-state index in [1.165, 1.54) is 6.07 Å². The smallest absolute Gasteiger partial charge is 0.322 e. The highest BCUT2D eigenvalue weighted by atomic mass is 32.2. The Hall–Kier alpha value is -2.91. The summed E-state index contributed by atoms with van der Waals surface area (Å²) in [5.74, 6) is -0.585. The van der Waals surface area contributed by atoms with Crippen molar-refractivity contribution in [2.45, 2.75) is 25.5 Å². The Kier molecular flexibility index (Phi) is 6.19. The lowest BCUT2D eigenvalue weighted by atomic mass is 9.92. The first-order valence-electron chi connectivity index (χ1n) is 9.15. The molecule has 0 bridgehead atoms. The molecule has 0 radical (unpaired) electrons. The number of rotatable bonds is 9. The number of amides is 3. The van der Waals surface area contributed by atoms with Crippen molar-refractivity contribution in [3.63, 3.8) is 0 Å². The highest BCUT2D eigenvalue weighted by Crippen LogP contribution is 2.26. The van der Waals surface area contributed by atoms with Gasteiger partial charge in [0, 0.05) is 12.3 Å². The van der Waals surface area contributed by atoms with E-state index in [4.69, 9.17) is 4.74 Å². The van der Waals surface area contributed by atoms with Crippen molar-refractivity contribution < 1.29 is 22.7 Å². The summed E-state index contributed by atoms with van der Waals surface area (Å²) in [5, 5.41) is 4.74. The number of imide groups is 1. The molecule has 8 nitrogen and oxygen atoms in total. The van der Waals surface area contributed by atoms with E-state index in [-0.39, 0.29) is 5.75 Å². The number of carbonyl (C=O) groups is 2.